The maximum Gasteiger partial charge on any atom is 0.0547 e. The summed E-state index contributed by atoms with van der Waals surface area (Å²) in [6, 6.07) is 101. The zero-order valence-electron chi connectivity index (χ0n) is 41.2. The fourth-order valence-electron chi connectivity index (χ4n) is 12.3. The fraction of sp³-hybridized carbons (Fsp3) is 0. The third kappa shape index (κ3) is 6.68. The number of aromatic nitrogens is 3. The number of nitrogens with zero attached hydrogens (tertiary/aromatic N) is 3. The van der Waals surface area contributed by atoms with E-state index in [9.17, 15) is 0 Å². The fourth-order valence-corrected chi connectivity index (χ4v) is 13.4. The van der Waals surface area contributed by atoms with Crippen molar-refractivity contribution in [3.8, 4) is 61.6 Å². The second-order valence-corrected chi connectivity index (χ2v) is 21.2. The van der Waals surface area contributed by atoms with Crippen molar-refractivity contribution < 1.29 is 0 Å². The van der Waals surface area contributed by atoms with Gasteiger partial charge in [0, 0.05) is 69.6 Å². The highest BCUT2D eigenvalue weighted by atomic mass is 32.1. The van der Waals surface area contributed by atoms with E-state index in [-0.39, 0.29) is 0 Å². The lowest BCUT2D eigenvalue weighted by atomic mass is 9.96. The molecule has 76 heavy (non-hydrogen) atoms. The lowest BCUT2D eigenvalue weighted by Crippen LogP contribution is -1.97. The maximum absolute atomic E-state index is 2.50. The molecule has 0 radical (unpaired) electrons. The monoisotopic (exact) mass is 983 g/mol. The Balaban J connectivity index is 0.925. The van der Waals surface area contributed by atoms with E-state index in [2.05, 4.69) is 287 Å². The normalized spacial score (nSPS) is 11.9. The van der Waals surface area contributed by atoms with Crippen LogP contribution in [-0.2, 0) is 0 Å². The summed E-state index contributed by atoms with van der Waals surface area (Å²) in [5.41, 5.74) is 20.0. The standard InChI is InChI=1S/C72H45N3S/c1-3-16-46(17-4-1)47-18-15-21-55(39-47)74-67-28-13-9-24-59(67)63-43-50(32-36-69(63)74)53-38-52(49-31-35-68-62(42-49)58-23-8-12-27-66(58)73(68)54-19-5-2-6-20-54)40-56(41-53)75-65-26-11-7-22-57(65)60-34-30-51(45-70(60)75)48-33-37-72-64(44-48)61-25-10-14-29-71(61)76-72/h1-45H. The molecule has 0 aliphatic carbocycles. The van der Waals surface area contributed by atoms with Crippen LogP contribution >= 0.6 is 11.3 Å². The van der Waals surface area contributed by atoms with E-state index in [1.807, 2.05) is 11.3 Å². The summed E-state index contributed by atoms with van der Waals surface area (Å²) in [7, 11) is 0. The molecule has 4 heterocycles. The molecular weight excluding hydrogens is 939 g/mol. The van der Waals surface area contributed by atoms with E-state index in [4.69, 9.17) is 0 Å². The predicted molar refractivity (Wildman–Crippen MR) is 324 cm³/mol. The van der Waals surface area contributed by atoms with Gasteiger partial charge < -0.3 is 13.7 Å². The van der Waals surface area contributed by atoms with Crippen molar-refractivity contribution in [2.24, 2.45) is 0 Å². The third-order valence-electron chi connectivity index (χ3n) is 15.8. The Morgan fingerprint density at radius 1 is 0.184 bits per heavy atom. The van der Waals surface area contributed by atoms with E-state index in [0.717, 1.165) is 33.8 Å². The van der Waals surface area contributed by atoms with Gasteiger partial charge in [0.25, 0.3) is 0 Å². The largest absolute Gasteiger partial charge is 0.309 e. The minimum absolute atomic E-state index is 1.11. The molecule has 0 atom stereocenters. The van der Waals surface area contributed by atoms with E-state index < -0.39 is 0 Å². The molecule has 0 spiro atoms. The predicted octanol–water partition coefficient (Wildman–Crippen LogP) is 20.0. The van der Waals surface area contributed by atoms with Gasteiger partial charge in [-0.3, -0.25) is 0 Å². The number of hydrogen-bond donors (Lipinski definition) is 0. The molecule has 4 heteroatoms. The average Bonchev–Trinajstić information content (AvgIpc) is 4.30. The molecule has 0 bridgehead atoms. The van der Waals surface area contributed by atoms with Gasteiger partial charge in [-0.15, -0.1) is 11.3 Å². The molecule has 354 valence electrons. The summed E-state index contributed by atoms with van der Waals surface area (Å²) in [6.07, 6.45) is 0. The van der Waals surface area contributed by atoms with Gasteiger partial charge in [0.1, 0.15) is 0 Å². The Hall–Kier alpha value is -9.74. The molecule has 0 saturated heterocycles. The van der Waals surface area contributed by atoms with Crippen LogP contribution in [0.3, 0.4) is 0 Å². The van der Waals surface area contributed by atoms with Crippen molar-refractivity contribution in [3.63, 3.8) is 0 Å². The van der Waals surface area contributed by atoms with Crippen LogP contribution in [0.5, 0.6) is 0 Å². The quantitative estimate of drug-likeness (QED) is 0.151. The van der Waals surface area contributed by atoms with Crippen LogP contribution in [0.2, 0.25) is 0 Å². The molecule has 4 aromatic heterocycles. The van der Waals surface area contributed by atoms with Crippen LogP contribution in [0, 0.1) is 0 Å². The Morgan fingerprint density at radius 3 is 1.26 bits per heavy atom. The van der Waals surface area contributed by atoms with Crippen molar-refractivity contribution in [1.82, 2.24) is 13.7 Å². The summed E-state index contributed by atoms with van der Waals surface area (Å²) >= 11 is 1.86. The average molecular weight is 984 g/mol. The SMILES string of the molecule is c1ccc(-c2cccc(-n3c4ccccc4c4cc(-c5cc(-c6ccc7c(c6)c6ccccc6n7-c6ccccc6)cc(-n6c7ccccc7c7ccc(-c8ccc9sc%10ccccc%10c9c8)cc76)c5)ccc43)c2)cc1. The highest BCUT2D eigenvalue weighted by Gasteiger charge is 2.20. The first-order chi connectivity index (χ1) is 37.7. The highest BCUT2D eigenvalue weighted by molar-refractivity contribution is 7.25. The summed E-state index contributed by atoms with van der Waals surface area (Å²) in [5, 5.41) is 9.99. The van der Waals surface area contributed by atoms with E-state index in [0.29, 0.717) is 0 Å². The Labute approximate surface area is 442 Å². The van der Waals surface area contributed by atoms with Crippen LogP contribution in [-0.4, -0.2) is 13.7 Å². The topological polar surface area (TPSA) is 14.8 Å². The first kappa shape index (κ1) is 42.7. The number of fused-ring (bicyclic) bond motifs is 12. The number of rotatable bonds is 7. The van der Waals surface area contributed by atoms with Crippen LogP contribution in [0.1, 0.15) is 0 Å². The number of para-hydroxylation sites is 4. The van der Waals surface area contributed by atoms with Crippen molar-refractivity contribution in [2.75, 3.05) is 0 Å². The van der Waals surface area contributed by atoms with Crippen molar-refractivity contribution >= 4 is 96.9 Å². The Bertz CT molecular complexity index is 4990. The molecule has 0 fully saturated rings. The number of benzene rings is 12. The van der Waals surface area contributed by atoms with E-state index >= 15 is 0 Å². The summed E-state index contributed by atoms with van der Waals surface area (Å²) < 4.78 is 9.96. The molecule has 0 N–H and O–H groups in total. The summed E-state index contributed by atoms with van der Waals surface area (Å²) in [4.78, 5) is 0. The number of hydrogen-bond acceptors (Lipinski definition) is 1. The summed E-state index contributed by atoms with van der Waals surface area (Å²) in [6.45, 7) is 0. The lowest BCUT2D eigenvalue weighted by Gasteiger charge is -2.15. The van der Waals surface area contributed by atoms with Crippen molar-refractivity contribution in [2.45, 2.75) is 0 Å². The van der Waals surface area contributed by atoms with Gasteiger partial charge in [0.15, 0.2) is 0 Å². The number of thiophene rings is 1. The highest BCUT2D eigenvalue weighted by Crippen LogP contribution is 2.43. The maximum atomic E-state index is 2.50. The van der Waals surface area contributed by atoms with Crippen LogP contribution in [0.25, 0.3) is 147 Å². The molecule has 12 aromatic carbocycles. The van der Waals surface area contributed by atoms with Gasteiger partial charge in [-0.05, 0) is 154 Å². The van der Waals surface area contributed by atoms with E-state index in [1.54, 1.807) is 0 Å². The molecule has 0 aliphatic rings. The van der Waals surface area contributed by atoms with Crippen molar-refractivity contribution in [3.05, 3.63) is 273 Å². The zero-order chi connectivity index (χ0) is 49.8. The van der Waals surface area contributed by atoms with Crippen LogP contribution in [0.4, 0.5) is 0 Å². The molecule has 16 rings (SSSR count). The van der Waals surface area contributed by atoms with Gasteiger partial charge in [0.2, 0.25) is 0 Å². The minimum Gasteiger partial charge on any atom is -0.309 e. The van der Waals surface area contributed by atoms with E-state index in [1.165, 1.54) is 113 Å². The molecule has 0 amide bonds. The molecule has 16 aromatic rings. The molecule has 0 aliphatic heterocycles. The summed E-state index contributed by atoms with van der Waals surface area (Å²) in [5.74, 6) is 0. The van der Waals surface area contributed by atoms with Gasteiger partial charge >= 0.3 is 0 Å². The molecular formula is C72H45N3S. The smallest absolute Gasteiger partial charge is 0.0547 e. The zero-order valence-corrected chi connectivity index (χ0v) is 42.0. The van der Waals surface area contributed by atoms with Gasteiger partial charge in [0.05, 0.1) is 33.1 Å². The van der Waals surface area contributed by atoms with Crippen LogP contribution < -0.4 is 0 Å². The third-order valence-corrected chi connectivity index (χ3v) is 16.9. The first-order valence-corrected chi connectivity index (χ1v) is 26.9. The minimum atomic E-state index is 1.11. The first-order valence-electron chi connectivity index (χ1n) is 26.1. The second kappa shape index (κ2) is 16.9. The van der Waals surface area contributed by atoms with Gasteiger partial charge in [-0.2, -0.15) is 0 Å². The Morgan fingerprint density at radius 2 is 0.592 bits per heavy atom. The van der Waals surface area contributed by atoms with Gasteiger partial charge in [-0.1, -0.05) is 164 Å². The molecule has 0 saturated carbocycles. The molecule has 0 unspecified atom stereocenters. The second-order valence-electron chi connectivity index (χ2n) is 20.1. The van der Waals surface area contributed by atoms with Crippen LogP contribution in [0.15, 0.2) is 273 Å². The van der Waals surface area contributed by atoms with Crippen molar-refractivity contribution in [1.29, 1.82) is 0 Å². The lowest BCUT2D eigenvalue weighted by molar-refractivity contribution is 1.18. The van der Waals surface area contributed by atoms with Gasteiger partial charge in [-0.25, -0.2) is 0 Å². The Kier molecular flexibility index (Phi) is 9.51. The molecule has 3 nitrogen and oxygen atoms in total.